The molecule has 5 rings (SSSR count). The van der Waals surface area contributed by atoms with Crippen LogP contribution in [0, 0.1) is 0 Å². The lowest BCUT2D eigenvalue weighted by molar-refractivity contribution is -0.116. The first-order chi connectivity index (χ1) is 15.1. The number of ether oxygens (including phenoxy) is 1. The van der Waals surface area contributed by atoms with E-state index in [1.807, 2.05) is 60.7 Å². The molecule has 0 bridgehead atoms. The average Bonchev–Trinajstić information content (AvgIpc) is 2.96. The Balaban J connectivity index is 1.57. The molecule has 0 saturated carbocycles. The van der Waals surface area contributed by atoms with Gasteiger partial charge in [0.05, 0.1) is 24.5 Å². The molecule has 0 radical (unpaired) electrons. The number of rotatable bonds is 3. The standard InChI is InChI=1S/C26H23ClN2O2/c1-31-20-12-8-16(9-13-20)18-14-23-25(24(30)15-18)26(17-6-10-19(27)11-7-17)29-22-5-3-2-4-21(22)28-23/h2-13,18,26,28-29H,14-15H2,1H3/t18-,26-/m0/s1. The quantitative estimate of drug-likeness (QED) is 0.509. The molecule has 2 N–H and O–H groups in total. The number of fused-ring (bicyclic) bond motifs is 1. The van der Waals surface area contributed by atoms with Crippen molar-refractivity contribution in [3.05, 3.63) is 100 Å². The normalized spacial score (nSPS) is 20.1. The molecule has 31 heavy (non-hydrogen) atoms. The Bertz CT molecular complexity index is 1150. The lowest BCUT2D eigenvalue weighted by Gasteiger charge is -2.30. The Labute approximate surface area is 186 Å². The van der Waals surface area contributed by atoms with E-state index in [0.29, 0.717) is 11.4 Å². The molecule has 3 aromatic carbocycles. The Morgan fingerprint density at radius 1 is 0.871 bits per heavy atom. The number of allylic oxidation sites excluding steroid dienone is 1. The van der Waals surface area contributed by atoms with E-state index in [1.165, 1.54) is 0 Å². The van der Waals surface area contributed by atoms with Crippen molar-refractivity contribution in [1.29, 1.82) is 0 Å². The number of benzene rings is 3. The summed E-state index contributed by atoms with van der Waals surface area (Å²) >= 11 is 6.12. The Morgan fingerprint density at radius 3 is 2.26 bits per heavy atom. The van der Waals surface area contributed by atoms with Crippen molar-refractivity contribution in [3.8, 4) is 5.75 Å². The lowest BCUT2D eigenvalue weighted by Crippen LogP contribution is -2.26. The second-order valence-corrected chi connectivity index (χ2v) is 8.43. The molecule has 3 aromatic rings. The molecule has 2 aliphatic rings. The number of hydrogen-bond donors (Lipinski definition) is 2. The van der Waals surface area contributed by atoms with Gasteiger partial charge in [0.1, 0.15) is 5.75 Å². The maximum absolute atomic E-state index is 13.5. The van der Waals surface area contributed by atoms with Crippen LogP contribution in [0.25, 0.3) is 0 Å². The van der Waals surface area contributed by atoms with Gasteiger partial charge in [0.15, 0.2) is 5.78 Å². The van der Waals surface area contributed by atoms with Gasteiger partial charge in [-0.3, -0.25) is 4.79 Å². The summed E-state index contributed by atoms with van der Waals surface area (Å²) in [5.41, 5.74) is 5.92. The van der Waals surface area contributed by atoms with E-state index < -0.39 is 0 Å². The number of hydrogen-bond acceptors (Lipinski definition) is 4. The first-order valence-electron chi connectivity index (χ1n) is 10.4. The fourth-order valence-electron chi connectivity index (χ4n) is 4.51. The molecule has 0 saturated heterocycles. The monoisotopic (exact) mass is 430 g/mol. The number of methoxy groups -OCH3 is 1. The largest absolute Gasteiger partial charge is 0.497 e. The van der Waals surface area contributed by atoms with Crippen molar-refractivity contribution in [2.24, 2.45) is 0 Å². The van der Waals surface area contributed by atoms with Crippen molar-refractivity contribution < 1.29 is 9.53 Å². The number of carbonyl (C=O) groups is 1. The number of halogens is 1. The topological polar surface area (TPSA) is 50.4 Å². The fourth-order valence-corrected chi connectivity index (χ4v) is 4.64. The van der Waals surface area contributed by atoms with E-state index in [0.717, 1.165) is 45.9 Å². The number of Topliss-reactive ketones (excluding diaryl/α,β-unsaturated/α-hetero) is 1. The fraction of sp³-hybridized carbons (Fsp3) is 0.192. The minimum atomic E-state index is -0.229. The van der Waals surface area contributed by atoms with E-state index in [2.05, 4.69) is 22.8 Å². The third kappa shape index (κ3) is 3.79. The van der Waals surface area contributed by atoms with Gasteiger partial charge < -0.3 is 15.4 Å². The van der Waals surface area contributed by atoms with Crippen molar-refractivity contribution in [3.63, 3.8) is 0 Å². The molecule has 1 aliphatic heterocycles. The summed E-state index contributed by atoms with van der Waals surface area (Å²) < 4.78 is 5.28. The number of anilines is 2. The van der Waals surface area contributed by atoms with Gasteiger partial charge in [0.2, 0.25) is 0 Å². The van der Waals surface area contributed by atoms with Crippen molar-refractivity contribution in [2.45, 2.75) is 24.8 Å². The van der Waals surface area contributed by atoms with Gasteiger partial charge in [0.25, 0.3) is 0 Å². The molecule has 5 heteroatoms. The second kappa shape index (κ2) is 8.12. The van der Waals surface area contributed by atoms with Crippen LogP contribution in [-0.4, -0.2) is 12.9 Å². The molecule has 0 amide bonds. The third-order valence-corrected chi connectivity index (χ3v) is 6.35. The zero-order valence-corrected chi connectivity index (χ0v) is 17.9. The highest BCUT2D eigenvalue weighted by Gasteiger charge is 2.36. The van der Waals surface area contributed by atoms with Crippen LogP contribution in [0.2, 0.25) is 5.02 Å². The van der Waals surface area contributed by atoms with Gasteiger partial charge >= 0.3 is 0 Å². The predicted octanol–water partition coefficient (Wildman–Crippen LogP) is 6.33. The van der Waals surface area contributed by atoms with Crippen LogP contribution in [0.4, 0.5) is 11.4 Å². The number of nitrogens with one attached hydrogen (secondary N) is 2. The van der Waals surface area contributed by atoms with E-state index >= 15 is 0 Å². The third-order valence-electron chi connectivity index (χ3n) is 6.10. The lowest BCUT2D eigenvalue weighted by atomic mass is 9.78. The summed E-state index contributed by atoms with van der Waals surface area (Å²) in [4.78, 5) is 13.5. The summed E-state index contributed by atoms with van der Waals surface area (Å²) in [7, 11) is 1.66. The van der Waals surface area contributed by atoms with Crippen molar-refractivity contribution >= 4 is 28.8 Å². The molecule has 0 aromatic heterocycles. The highest BCUT2D eigenvalue weighted by atomic mass is 35.5. The summed E-state index contributed by atoms with van der Waals surface area (Å²) in [5.74, 6) is 1.11. The van der Waals surface area contributed by atoms with Gasteiger partial charge in [-0.2, -0.15) is 0 Å². The molecular formula is C26H23ClN2O2. The van der Waals surface area contributed by atoms with Gasteiger partial charge in [-0.05, 0) is 59.9 Å². The molecule has 2 atom stereocenters. The highest BCUT2D eigenvalue weighted by molar-refractivity contribution is 6.30. The molecule has 1 heterocycles. The zero-order valence-electron chi connectivity index (χ0n) is 17.2. The van der Waals surface area contributed by atoms with Gasteiger partial charge in [-0.25, -0.2) is 0 Å². The Morgan fingerprint density at radius 2 is 1.55 bits per heavy atom. The molecule has 0 fully saturated rings. The summed E-state index contributed by atoms with van der Waals surface area (Å²) in [6.07, 6.45) is 1.25. The van der Waals surface area contributed by atoms with Crippen LogP contribution >= 0.6 is 11.6 Å². The summed E-state index contributed by atoms with van der Waals surface area (Å²) in [6, 6.07) is 23.6. The van der Waals surface area contributed by atoms with E-state index in [-0.39, 0.29) is 17.7 Å². The maximum Gasteiger partial charge on any atom is 0.163 e. The molecule has 4 nitrogen and oxygen atoms in total. The second-order valence-electron chi connectivity index (χ2n) is 7.99. The minimum Gasteiger partial charge on any atom is -0.497 e. The number of para-hydroxylation sites is 2. The first kappa shape index (κ1) is 19.7. The molecule has 156 valence electrons. The van der Waals surface area contributed by atoms with Crippen molar-refractivity contribution in [2.75, 3.05) is 17.7 Å². The smallest absolute Gasteiger partial charge is 0.163 e. The summed E-state index contributed by atoms with van der Waals surface area (Å²) in [6.45, 7) is 0. The Kier molecular flexibility index (Phi) is 5.16. The van der Waals surface area contributed by atoms with E-state index in [9.17, 15) is 4.79 Å². The van der Waals surface area contributed by atoms with Gasteiger partial charge in [0, 0.05) is 22.7 Å². The van der Waals surface area contributed by atoms with Crippen LogP contribution in [0.1, 0.15) is 35.9 Å². The van der Waals surface area contributed by atoms with Crippen LogP contribution in [-0.2, 0) is 4.79 Å². The SMILES string of the molecule is COc1ccc([C@@H]2CC(=O)C3=C(C2)Nc2ccccc2N[C@H]3c2ccc(Cl)cc2)cc1. The van der Waals surface area contributed by atoms with Crippen LogP contribution in [0.5, 0.6) is 5.75 Å². The maximum atomic E-state index is 13.5. The van der Waals surface area contributed by atoms with Crippen molar-refractivity contribution in [1.82, 2.24) is 0 Å². The summed E-state index contributed by atoms with van der Waals surface area (Å²) in [5, 5.41) is 7.84. The average molecular weight is 431 g/mol. The zero-order chi connectivity index (χ0) is 21.4. The van der Waals surface area contributed by atoms with E-state index in [4.69, 9.17) is 16.3 Å². The van der Waals surface area contributed by atoms with Crippen LogP contribution in [0.3, 0.4) is 0 Å². The van der Waals surface area contributed by atoms with E-state index in [1.54, 1.807) is 7.11 Å². The Hall–Kier alpha value is -3.24. The first-order valence-corrected chi connectivity index (χ1v) is 10.8. The molecular weight excluding hydrogens is 408 g/mol. The van der Waals surface area contributed by atoms with Crippen LogP contribution < -0.4 is 15.4 Å². The van der Waals surface area contributed by atoms with Crippen LogP contribution in [0.15, 0.2) is 84.1 Å². The van der Waals surface area contributed by atoms with Gasteiger partial charge in [-0.15, -0.1) is 0 Å². The van der Waals surface area contributed by atoms with Gasteiger partial charge in [-0.1, -0.05) is 48.0 Å². The minimum absolute atomic E-state index is 0.126. The highest BCUT2D eigenvalue weighted by Crippen LogP contribution is 2.44. The molecule has 0 unspecified atom stereocenters. The predicted molar refractivity (Wildman–Crippen MR) is 125 cm³/mol. The number of carbonyl (C=O) groups excluding carboxylic acids is 1. The number of ketones is 1. The molecule has 0 spiro atoms. The molecule has 1 aliphatic carbocycles.